The molecule has 2 aromatic rings. The molecule has 0 aromatic heterocycles. The van der Waals surface area contributed by atoms with Crippen LogP contribution in [0.25, 0.3) is 0 Å². The summed E-state index contributed by atoms with van der Waals surface area (Å²) < 4.78 is 26.3. The van der Waals surface area contributed by atoms with Gasteiger partial charge in [0.05, 0.1) is 11.8 Å². The first-order valence-corrected chi connectivity index (χ1v) is 6.07. The molecule has 0 aliphatic heterocycles. The second-order valence-corrected chi connectivity index (χ2v) is 4.45. The number of anilines is 1. The number of hydrogen-bond donors (Lipinski definition) is 2. The second-order valence-electron chi connectivity index (χ2n) is 4.04. The van der Waals surface area contributed by atoms with Crippen LogP contribution >= 0.6 is 11.6 Å². The Balaban J connectivity index is 2.06. The fourth-order valence-corrected chi connectivity index (χ4v) is 1.96. The van der Waals surface area contributed by atoms with Crippen molar-refractivity contribution < 1.29 is 13.9 Å². The molecule has 0 saturated heterocycles. The highest BCUT2D eigenvalue weighted by Gasteiger charge is 2.12. The Morgan fingerprint density at radius 1 is 1.16 bits per heavy atom. The van der Waals surface area contributed by atoms with Gasteiger partial charge in [0.2, 0.25) is 0 Å². The molecular formula is C14H12ClF2NO. The maximum atomic E-state index is 13.4. The molecule has 2 aromatic carbocycles. The normalized spacial score (nSPS) is 12.2. The molecule has 2 rings (SSSR count). The van der Waals surface area contributed by atoms with Crippen LogP contribution in [0.5, 0.6) is 0 Å². The molecule has 0 bridgehead atoms. The van der Waals surface area contributed by atoms with Gasteiger partial charge < -0.3 is 10.4 Å². The molecule has 0 heterocycles. The summed E-state index contributed by atoms with van der Waals surface area (Å²) in [6, 6.07) is 9.92. The third-order valence-corrected chi connectivity index (χ3v) is 3.02. The Hall–Kier alpha value is -1.65. The molecule has 2 nitrogen and oxygen atoms in total. The van der Waals surface area contributed by atoms with Crippen LogP contribution in [-0.4, -0.2) is 11.7 Å². The van der Waals surface area contributed by atoms with Crippen molar-refractivity contribution in [3.05, 3.63) is 64.7 Å². The number of halogens is 3. The van der Waals surface area contributed by atoms with Gasteiger partial charge in [-0.05, 0) is 24.3 Å². The summed E-state index contributed by atoms with van der Waals surface area (Å²) in [5.41, 5.74) is 0.541. The lowest BCUT2D eigenvalue weighted by Gasteiger charge is -2.14. The molecule has 1 unspecified atom stereocenters. The summed E-state index contributed by atoms with van der Waals surface area (Å²) in [7, 11) is 0. The Morgan fingerprint density at radius 2 is 1.89 bits per heavy atom. The standard InChI is InChI=1S/C14H12ClF2NO/c15-11-4-2-1-3-10(11)14(19)8-18-13-7-9(16)5-6-12(13)17/h1-7,14,18-19H,8H2. The van der Waals surface area contributed by atoms with Gasteiger partial charge in [0.1, 0.15) is 11.6 Å². The minimum Gasteiger partial charge on any atom is -0.387 e. The van der Waals surface area contributed by atoms with Gasteiger partial charge in [-0.2, -0.15) is 0 Å². The highest BCUT2D eigenvalue weighted by molar-refractivity contribution is 6.31. The van der Waals surface area contributed by atoms with E-state index < -0.39 is 17.7 Å². The molecule has 2 N–H and O–H groups in total. The minimum atomic E-state index is -0.906. The third-order valence-electron chi connectivity index (χ3n) is 2.68. The Bertz CT molecular complexity index is 577. The fourth-order valence-electron chi connectivity index (χ4n) is 1.69. The van der Waals surface area contributed by atoms with E-state index in [2.05, 4.69) is 5.32 Å². The van der Waals surface area contributed by atoms with Crippen molar-refractivity contribution in [3.8, 4) is 0 Å². The van der Waals surface area contributed by atoms with Crippen LogP contribution in [0.2, 0.25) is 5.02 Å². The summed E-state index contributed by atoms with van der Waals surface area (Å²) in [5.74, 6) is -1.12. The van der Waals surface area contributed by atoms with Crippen LogP contribution in [0.4, 0.5) is 14.5 Å². The Kier molecular flexibility index (Phi) is 4.35. The van der Waals surface area contributed by atoms with Crippen LogP contribution < -0.4 is 5.32 Å². The summed E-state index contributed by atoms with van der Waals surface area (Å²) in [6.45, 7) is 0.0319. The maximum absolute atomic E-state index is 13.4. The molecule has 0 spiro atoms. The molecule has 0 fully saturated rings. The zero-order valence-electron chi connectivity index (χ0n) is 9.91. The van der Waals surface area contributed by atoms with E-state index in [1.807, 2.05) is 0 Å². The fraction of sp³-hybridized carbons (Fsp3) is 0.143. The molecule has 0 aliphatic carbocycles. The van der Waals surface area contributed by atoms with E-state index in [-0.39, 0.29) is 12.2 Å². The van der Waals surface area contributed by atoms with Crippen LogP contribution in [0.3, 0.4) is 0 Å². The monoisotopic (exact) mass is 283 g/mol. The van der Waals surface area contributed by atoms with Crippen molar-refractivity contribution in [2.45, 2.75) is 6.10 Å². The van der Waals surface area contributed by atoms with Gasteiger partial charge in [-0.3, -0.25) is 0 Å². The van der Waals surface area contributed by atoms with Crippen molar-refractivity contribution in [2.75, 3.05) is 11.9 Å². The highest BCUT2D eigenvalue weighted by Crippen LogP contribution is 2.23. The van der Waals surface area contributed by atoms with E-state index >= 15 is 0 Å². The summed E-state index contributed by atoms with van der Waals surface area (Å²) >= 11 is 5.94. The van der Waals surface area contributed by atoms with Gasteiger partial charge in [0, 0.05) is 17.1 Å². The molecule has 0 amide bonds. The van der Waals surface area contributed by atoms with Crippen LogP contribution in [0.15, 0.2) is 42.5 Å². The zero-order chi connectivity index (χ0) is 13.8. The van der Waals surface area contributed by atoms with E-state index in [0.717, 1.165) is 18.2 Å². The summed E-state index contributed by atoms with van der Waals surface area (Å²) in [6.07, 6.45) is -0.906. The molecular weight excluding hydrogens is 272 g/mol. The quantitative estimate of drug-likeness (QED) is 0.895. The van der Waals surface area contributed by atoms with E-state index in [1.54, 1.807) is 24.3 Å². The van der Waals surface area contributed by atoms with Gasteiger partial charge in [-0.15, -0.1) is 0 Å². The van der Waals surface area contributed by atoms with Crippen LogP contribution in [0, 0.1) is 11.6 Å². The first kappa shape index (κ1) is 13.8. The second kappa shape index (κ2) is 5.99. The van der Waals surface area contributed by atoms with Crippen LogP contribution in [0.1, 0.15) is 11.7 Å². The number of benzene rings is 2. The van der Waals surface area contributed by atoms with E-state index in [0.29, 0.717) is 10.6 Å². The SMILES string of the molecule is OC(CNc1cc(F)ccc1F)c1ccccc1Cl. The van der Waals surface area contributed by atoms with Crippen LogP contribution in [-0.2, 0) is 0 Å². The average molecular weight is 284 g/mol. The van der Waals surface area contributed by atoms with Gasteiger partial charge in [-0.25, -0.2) is 8.78 Å². The highest BCUT2D eigenvalue weighted by atomic mass is 35.5. The smallest absolute Gasteiger partial charge is 0.146 e. The lowest BCUT2D eigenvalue weighted by molar-refractivity contribution is 0.191. The molecule has 5 heteroatoms. The molecule has 19 heavy (non-hydrogen) atoms. The van der Waals surface area contributed by atoms with Gasteiger partial charge in [-0.1, -0.05) is 29.8 Å². The molecule has 100 valence electrons. The lowest BCUT2D eigenvalue weighted by Crippen LogP contribution is -2.13. The van der Waals surface area contributed by atoms with E-state index in [9.17, 15) is 13.9 Å². The van der Waals surface area contributed by atoms with Gasteiger partial charge in [0.25, 0.3) is 0 Å². The summed E-state index contributed by atoms with van der Waals surface area (Å²) in [5, 5.41) is 13.0. The summed E-state index contributed by atoms with van der Waals surface area (Å²) in [4.78, 5) is 0. The maximum Gasteiger partial charge on any atom is 0.146 e. The molecule has 0 aliphatic rings. The van der Waals surface area contributed by atoms with Crippen molar-refractivity contribution in [3.63, 3.8) is 0 Å². The Labute approximate surface area is 114 Å². The van der Waals surface area contributed by atoms with Crippen molar-refractivity contribution in [1.29, 1.82) is 0 Å². The average Bonchev–Trinajstić information content (AvgIpc) is 2.40. The van der Waals surface area contributed by atoms with E-state index in [4.69, 9.17) is 11.6 Å². The van der Waals surface area contributed by atoms with E-state index in [1.165, 1.54) is 0 Å². The lowest BCUT2D eigenvalue weighted by atomic mass is 10.1. The number of aliphatic hydroxyl groups excluding tert-OH is 1. The first-order valence-electron chi connectivity index (χ1n) is 5.69. The number of aliphatic hydroxyl groups is 1. The van der Waals surface area contributed by atoms with Crippen molar-refractivity contribution >= 4 is 17.3 Å². The largest absolute Gasteiger partial charge is 0.387 e. The molecule has 0 saturated carbocycles. The first-order chi connectivity index (χ1) is 9.08. The number of nitrogens with one attached hydrogen (secondary N) is 1. The predicted molar refractivity (Wildman–Crippen MR) is 71.3 cm³/mol. The zero-order valence-corrected chi connectivity index (χ0v) is 10.7. The predicted octanol–water partition coefficient (Wildman–Crippen LogP) is 3.76. The van der Waals surface area contributed by atoms with Gasteiger partial charge in [0.15, 0.2) is 0 Å². The Morgan fingerprint density at radius 3 is 2.63 bits per heavy atom. The molecule has 0 radical (unpaired) electrons. The minimum absolute atomic E-state index is 0.00565. The third kappa shape index (κ3) is 3.43. The van der Waals surface area contributed by atoms with Gasteiger partial charge >= 0.3 is 0 Å². The molecule has 1 atom stereocenters. The van der Waals surface area contributed by atoms with Crippen molar-refractivity contribution in [2.24, 2.45) is 0 Å². The number of hydrogen-bond acceptors (Lipinski definition) is 2. The topological polar surface area (TPSA) is 32.3 Å². The number of rotatable bonds is 4. The van der Waals surface area contributed by atoms with Crippen molar-refractivity contribution in [1.82, 2.24) is 0 Å².